The number of fused-ring (bicyclic) bond motifs is 2. The molecule has 6 rings (SSSR count). The smallest absolute Gasteiger partial charge is 0.266 e. The third kappa shape index (κ3) is 6.53. The third-order valence-electron chi connectivity index (χ3n) is 8.75. The second-order valence-electron chi connectivity index (χ2n) is 11.5. The van der Waals surface area contributed by atoms with E-state index in [2.05, 4.69) is 5.32 Å². The second-order valence-corrected chi connectivity index (χ2v) is 13.2. The van der Waals surface area contributed by atoms with Crippen molar-refractivity contribution >= 4 is 46.2 Å². The van der Waals surface area contributed by atoms with Crippen LogP contribution in [0.2, 0.25) is 0 Å². The molecule has 2 amide bonds. The third-order valence-corrected chi connectivity index (χ3v) is 10.1. The maximum Gasteiger partial charge on any atom is 0.266 e. The Bertz CT molecular complexity index is 1530. The maximum atomic E-state index is 13.7. The summed E-state index contributed by atoms with van der Waals surface area (Å²) < 4.78 is 18.0. The van der Waals surface area contributed by atoms with E-state index < -0.39 is 0 Å². The van der Waals surface area contributed by atoms with Crippen molar-refractivity contribution in [3.05, 3.63) is 76.4 Å². The summed E-state index contributed by atoms with van der Waals surface area (Å²) in [6.07, 6.45) is 8.28. The van der Waals surface area contributed by atoms with Crippen LogP contribution in [0.25, 0.3) is 17.4 Å². The zero-order valence-corrected chi connectivity index (χ0v) is 26.1. The number of hydrogen-bond donors (Lipinski definition) is 1. The fourth-order valence-electron chi connectivity index (χ4n) is 6.61. The number of nitrogens with zero attached hydrogens (tertiary/aromatic N) is 1. The Kier molecular flexibility index (Phi) is 8.90. The summed E-state index contributed by atoms with van der Waals surface area (Å²) in [5.41, 5.74) is 2.75. The number of ether oxygens (including phenoxy) is 2. The van der Waals surface area contributed by atoms with Gasteiger partial charge in [-0.1, -0.05) is 60.7 Å². The molecule has 224 valence electrons. The molecule has 3 aromatic rings. The van der Waals surface area contributed by atoms with Gasteiger partial charge in [-0.15, -0.1) is 0 Å². The van der Waals surface area contributed by atoms with Gasteiger partial charge in [-0.2, -0.15) is 0 Å². The molecule has 43 heavy (non-hydrogen) atoms. The summed E-state index contributed by atoms with van der Waals surface area (Å²) in [7, 11) is 3.23. The summed E-state index contributed by atoms with van der Waals surface area (Å²) in [5, 5.41) is 3.03. The lowest BCUT2D eigenvalue weighted by atomic mass is 9.94. The molecule has 2 aromatic carbocycles. The number of nitrogens with one attached hydrogen (secondary N) is 1. The lowest BCUT2D eigenvalue weighted by Crippen LogP contribution is -2.41. The van der Waals surface area contributed by atoms with E-state index in [9.17, 15) is 9.59 Å². The van der Waals surface area contributed by atoms with Crippen molar-refractivity contribution in [1.82, 2.24) is 10.2 Å². The first kappa shape index (κ1) is 29.5. The molecule has 0 spiro atoms. The van der Waals surface area contributed by atoms with E-state index in [4.69, 9.17) is 26.1 Å². The van der Waals surface area contributed by atoms with Crippen LogP contribution in [0.3, 0.4) is 0 Å². The van der Waals surface area contributed by atoms with Gasteiger partial charge in [0.05, 0.1) is 25.5 Å². The van der Waals surface area contributed by atoms with Gasteiger partial charge < -0.3 is 19.2 Å². The molecule has 0 radical (unpaired) electrons. The molecule has 1 saturated heterocycles. The summed E-state index contributed by atoms with van der Waals surface area (Å²) in [4.78, 5) is 28.6. The van der Waals surface area contributed by atoms with Crippen LogP contribution in [0.1, 0.15) is 49.0 Å². The Morgan fingerprint density at radius 3 is 2.53 bits per heavy atom. The van der Waals surface area contributed by atoms with Crippen LogP contribution in [0, 0.1) is 11.8 Å². The van der Waals surface area contributed by atoms with Gasteiger partial charge >= 0.3 is 0 Å². The van der Waals surface area contributed by atoms with Gasteiger partial charge in [0.2, 0.25) is 5.91 Å². The number of methoxy groups -OCH3 is 2. The molecule has 2 bridgehead atoms. The molecule has 1 aromatic heterocycles. The van der Waals surface area contributed by atoms with E-state index >= 15 is 0 Å². The molecule has 9 heteroatoms. The number of thiocarbonyl (C=S) groups is 1. The van der Waals surface area contributed by atoms with Crippen LogP contribution in [-0.2, 0) is 22.4 Å². The largest absolute Gasteiger partial charge is 0.497 e. The Balaban J connectivity index is 1.21. The number of furan rings is 1. The molecule has 3 aliphatic rings. The van der Waals surface area contributed by atoms with Crippen LogP contribution in [0.5, 0.6) is 11.5 Å². The number of carbonyl (C=O) groups is 2. The molecule has 2 saturated carbocycles. The average Bonchev–Trinajstić information content (AvgIpc) is 3.80. The second kappa shape index (κ2) is 13.0. The highest BCUT2D eigenvalue weighted by Gasteiger charge is 2.48. The van der Waals surface area contributed by atoms with E-state index in [-0.39, 0.29) is 17.9 Å². The van der Waals surface area contributed by atoms with E-state index in [0.717, 1.165) is 29.0 Å². The molecule has 2 aliphatic carbocycles. The van der Waals surface area contributed by atoms with Crippen LogP contribution in [0.15, 0.2) is 63.9 Å². The van der Waals surface area contributed by atoms with E-state index in [1.54, 1.807) is 14.2 Å². The van der Waals surface area contributed by atoms with Crippen molar-refractivity contribution in [2.45, 2.75) is 51.0 Å². The van der Waals surface area contributed by atoms with Gasteiger partial charge in [0.25, 0.3) is 5.91 Å². The summed E-state index contributed by atoms with van der Waals surface area (Å²) in [6, 6.07) is 17.5. The van der Waals surface area contributed by atoms with Gasteiger partial charge in [0.15, 0.2) is 0 Å². The molecule has 3 fully saturated rings. The number of thioether (sulfide) groups is 1. The van der Waals surface area contributed by atoms with Gasteiger partial charge in [-0.3, -0.25) is 14.5 Å². The normalized spacial score (nSPS) is 22.0. The molecule has 3 unspecified atom stereocenters. The quantitative estimate of drug-likeness (QED) is 0.147. The molecule has 2 heterocycles. The predicted molar refractivity (Wildman–Crippen MR) is 173 cm³/mol. The number of rotatable bonds is 11. The summed E-state index contributed by atoms with van der Waals surface area (Å²) in [6.45, 7) is 0.533. The molecule has 3 atom stereocenters. The highest BCUT2D eigenvalue weighted by Crippen LogP contribution is 2.49. The first-order valence-electron chi connectivity index (χ1n) is 14.9. The molecule has 1 N–H and O–H groups in total. The first-order valence-corrected chi connectivity index (χ1v) is 16.1. The van der Waals surface area contributed by atoms with Gasteiger partial charge in [0, 0.05) is 30.3 Å². The fourth-order valence-corrected chi connectivity index (χ4v) is 7.96. The lowest BCUT2D eigenvalue weighted by molar-refractivity contribution is -0.124. The van der Waals surface area contributed by atoms with Crippen molar-refractivity contribution in [2.75, 3.05) is 20.8 Å². The summed E-state index contributed by atoms with van der Waals surface area (Å²) in [5.74, 6) is 3.83. The van der Waals surface area contributed by atoms with Crippen molar-refractivity contribution in [3.8, 4) is 22.8 Å². The Hall–Kier alpha value is -3.56. The van der Waals surface area contributed by atoms with Crippen LogP contribution < -0.4 is 14.8 Å². The van der Waals surface area contributed by atoms with Gasteiger partial charge in [-0.25, -0.2) is 0 Å². The zero-order valence-electron chi connectivity index (χ0n) is 24.5. The van der Waals surface area contributed by atoms with Gasteiger partial charge in [-0.05, 0) is 73.3 Å². The Labute approximate surface area is 262 Å². The van der Waals surface area contributed by atoms with Crippen molar-refractivity contribution in [3.63, 3.8) is 0 Å². The summed E-state index contributed by atoms with van der Waals surface area (Å²) >= 11 is 7.08. The Morgan fingerprint density at radius 1 is 1.09 bits per heavy atom. The van der Waals surface area contributed by atoms with Crippen molar-refractivity contribution < 1.29 is 23.5 Å². The van der Waals surface area contributed by atoms with Gasteiger partial charge in [0.1, 0.15) is 27.3 Å². The van der Waals surface area contributed by atoms with Crippen molar-refractivity contribution in [2.24, 2.45) is 11.8 Å². The average molecular weight is 617 g/mol. The van der Waals surface area contributed by atoms with Crippen LogP contribution in [-0.4, -0.2) is 47.8 Å². The predicted octanol–water partition coefficient (Wildman–Crippen LogP) is 6.65. The topological polar surface area (TPSA) is 81.0 Å². The minimum atomic E-state index is -0.0207. The highest BCUT2D eigenvalue weighted by atomic mass is 32.2. The van der Waals surface area contributed by atoms with E-state index in [1.807, 2.05) is 65.6 Å². The number of amides is 2. The lowest BCUT2D eigenvalue weighted by Gasteiger charge is -2.30. The minimum absolute atomic E-state index is 0.00734. The zero-order chi connectivity index (χ0) is 29.9. The first-order chi connectivity index (χ1) is 20.9. The number of hydrogen-bond acceptors (Lipinski definition) is 7. The van der Waals surface area contributed by atoms with Crippen LogP contribution >= 0.6 is 24.0 Å². The minimum Gasteiger partial charge on any atom is -0.497 e. The molecular formula is C34H36N2O5S2. The van der Waals surface area contributed by atoms with Crippen LogP contribution in [0.4, 0.5) is 0 Å². The van der Waals surface area contributed by atoms with E-state index in [1.165, 1.54) is 31.0 Å². The monoisotopic (exact) mass is 616 g/mol. The van der Waals surface area contributed by atoms with Crippen molar-refractivity contribution in [1.29, 1.82) is 0 Å². The SMILES string of the molecule is COc1cc(OC)cc(-c2cc(CCCNC(=O)Cc3ccccc3)c(/C=C3\SC(=S)N(C4CC5CCC4C5)C3=O)o2)c1. The highest BCUT2D eigenvalue weighted by molar-refractivity contribution is 8.26. The fraction of sp³-hybridized carbons (Fsp3) is 0.382. The number of carbonyl (C=O) groups excluding carboxylic acids is 2. The number of benzene rings is 2. The Morgan fingerprint density at radius 2 is 1.86 bits per heavy atom. The number of aryl methyl sites for hydroxylation is 1. The maximum absolute atomic E-state index is 13.7. The van der Waals surface area contributed by atoms with E-state index in [0.29, 0.717) is 64.0 Å². The standard InChI is InChI=1S/C34H36N2O5S2/c1-39-26-16-25(17-27(19-26)40-2)29-18-24(9-6-12-35-32(37)15-21-7-4-3-5-8-21)30(41-29)20-31-33(38)36(34(42)43-31)28-14-22-10-11-23(28)13-22/h3-5,7-8,16-20,22-23,28H,6,9-15H2,1-2H3,(H,35,37)/b31-20-. The molecule has 7 nitrogen and oxygen atoms in total. The molecular weight excluding hydrogens is 581 g/mol. The molecule has 1 aliphatic heterocycles.